The van der Waals surface area contributed by atoms with Gasteiger partial charge in [0.15, 0.2) is 5.78 Å². The Labute approximate surface area is 127 Å². The summed E-state index contributed by atoms with van der Waals surface area (Å²) in [7, 11) is 0. The molecule has 4 nitrogen and oxygen atoms in total. The standard InChI is InChI=1S/C17H26N2O2/c1-13(2)12-21-15-4-5-16(14(3)10-15)17(20)11-19-8-6-18-7-9-19/h4-5,10,13,18H,6-9,11-12H2,1-3H3. The zero-order chi connectivity index (χ0) is 15.2. The first-order valence-electron chi connectivity index (χ1n) is 7.76. The van der Waals surface area contributed by atoms with Gasteiger partial charge in [0, 0.05) is 31.7 Å². The van der Waals surface area contributed by atoms with Gasteiger partial charge in [-0.2, -0.15) is 0 Å². The van der Waals surface area contributed by atoms with Crippen molar-refractivity contribution < 1.29 is 9.53 Å². The molecule has 2 rings (SSSR count). The van der Waals surface area contributed by atoms with Crippen molar-refractivity contribution in [3.8, 4) is 5.75 Å². The highest BCUT2D eigenvalue weighted by atomic mass is 16.5. The molecule has 1 saturated heterocycles. The van der Waals surface area contributed by atoms with Crippen LogP contribution in [0.5, 0.6) is 5.75 Å². The summed E-state index contributed by atoms with van der Waals surface area (Å²) in [4.78, 5) is 14.6. The van der Waals surface area contributed by atoms with Crippen molar-refractivity contribution in [1.29, 1.82) is 0 Å². The Morgan fingerprint density at radius 2 is 2.05 bits per heavy atom. The number of hydrogen-bond donors (Lipinski definition) is 1. The van der Waals surface area contributed by atoms with Crippen molar-refractivity contribution in [2.24, 2.45) is 5.92 Å². The average molecular weight is 290 g/mol. The monoisotopic (exact) mass is 290 g/mol. The maximum atomic E-state index is 12.4. The number of benzene rings is 1. The molecule has 0 bridgehead atoms. The summed E-state index contributed by atoms with van der Waals surface area (Å²) in [6, 6.07) is 5.77. The predicted molar refractivity (Wildman–Crippen MR) is 85.2 cm³/mol. The second kappa shape index (κ2) is 7.57. The van der Waals surface area contributed by atoms with Gasteiger partial charge < -0.3 is 10.1 Å². The van der Waals surface area contributed by atoms with Gasteiger partial charge in [0.05, 0.1) is 13.2 Å². The lowest BCUT2D eigenvalue weighted by Crippen LogP contribution is -2.45. The van der Waals surface area contributed by atoms with Gasteiger partial charge in [-0.3, -0.25) is 9.69 Å². The van der Waals surface area contributed by atoms with Crippen LogP contribution in [-0.2, 0) is 0 Å². The number of Topliss-reactive ketones (excluding diaryl/α,β-unsaturated/α-hetero) is 1. The minimum atomic E-state index is 0.199. The molecule has 1 aliphatic heterocycles. The maximum absolute atomic E-state index is 12.4. The van der Waals surface area contributed by atoms with E-state index < -0.39 is 0 Å². The van der Waals surface area contributed by atoms with Gasteiger partial charge in [-0.1, -0.05) is 13.8 Å². The van der Waals surface area contributed by atoms with Crippen LogP contribution in [0.2, 0.25) is 0 Å². The molecule has 21 heavy (non-hydrogen) atoms. The van der Waals surface area contributed by atoms with E-state index in [2.05, 4.69) is 24.1 Å². The number of ether oxygens (including phenoxy) is 1. The molecule has 0 amide bonds. The van der Waals surface area contributed by atoms with E-state index in [9.17, 15) is 4.79 Å². The van der Waals surface area contributed by atoms with Crippen LogP contribution in [0.15, 0.2) is 18.2 Å². The number of aryl methyl sites for hydroxylation is 1. The van der Waals surface area contributed by atoms with E-state index in [0.717, 1.165) is 43.1 Å². The van der Waals surface area contributed by atoms with Crippen molar-refractivity contribution in [2.75, 3.05) is 39.3 Å². The average Bonchev–Trinajstić information content (AvgIpc) is 2.46. The molecule has 0 radical (unpaired) electrons. The van der Waals surface area contributed by atoms with Crippen molar-refractivity contribution in [1.82, 2.24) is 10.2 Å². The molecule has 0 spiro atoms. The summed E-state index contributed by atoms with van der Waals surface area (Å²) in [6.07, 6.45) is 0. The number of carbonyl (C=O) groups is 1. The predicted octanol–water partition coefficient (Wildman–Crippen LogP) is 2.12. The molecule has 116 valence electrons. The Balaban J connectivity index is 1.97. The highest BCUT2D eigenvalue weighted by Gasteiger charge is 2.16. The van der Waals surface area contributed by atoms with E-state index in [1.807, 2.05) is 25.1 Å². The topological polar surface area (TPSA) is 41.6 Å². The van der Waals surface area contributed by atoms with E-state index in [0.29, 0.717) is 19.1 Å². The highest BCUT2D eigenvalue weighted by molar-refractivity contribution is 5.99. The molecule has 1 heterocycles. The molecule has 0 unspecified atom stereocenters. The lowest BCUT2D eigenvalue weighted by atomic mass is 10.0. The number of ketones is 1. The molecule has 1 aromatic carbocycles. The van der Waals surface area contributed by atoms with Crippen LogP contribution in [-0.4, -0.2) is 50.0 Å². The third-order valence-corrected chi connectivity index (χ3v) is 3.66. The molecule has 1 aromatic rings. The van der Waals surface area contributed by atoms with Crippen LogP contribution in [0.25, 0.3) is 0 Å². The fourth-order valence-corrected chi connectivity index (χ4v) is 2.46. The second-order valence-corrected chi connectivity index (χ2v) is 6.13. The normalized spacial score (nSPS) is 16.2. The van der Waals surface area contributed by atoms with Crippen LogP contribution >= 0.6 is 0 Å². The van der Waals surface area contributed by atoms with E-state index in [-0.39, 0.29) is 5.78 Å². The van der Waals surface area contributed by atoms with Crippen molar-refractivity contribution in [3.05, 3.63) is 29.3 Å². The summed E-state index contributed by atoms with van der Waals surface area (Å²) in [6.45, 7) is 11.3. The Morgan fingerprint density at radius 3 is 2.67 bits per heavy atom. The highest BCUT2D eigenvalue weighted by Crippen LogP contribution is 2.19. The number of hydrogen-bond acceptors (Lipinski definition) is 4. The third kappa shape index (κ3) is 4.83. The van der Waals surface area contributed by atoms with Gasteiger partial charge in [-0.25, -0.2) is 0 Å². The first-order chi connectivity index (χ1) is 10.1. The molecule has 0 atom stereocenters. The Bertz CT molecular complexity index is 480. The molecule has 0 aromatic heterocycles. The lowest BCUT2D eigenvalue weighted by Gasteiger charge is -2.26. The summed E-state index contributed by atoms with van der Waals surface area (Å²) in [5.74, 6) is 1.55. The van der Waals surface area contributed by atoms with Crippen molar-refractivity contribution >= 4 is 5.78 Å². The number of carbonyl (C=O) groups excluding carboxylic acids is 1. The van der Waals surface area contributed by atoms with Gasteiger partial charge in [-0.15, -0.1) is 0 Å². The van der Waals surface area contributed by atoms with Gasteiger partial charge >= 0.3 is 0 Å². The minimum absolute atomic E-state index is 0.199. The summed E-state index contributed by atoms with van der Waals surface area (Å²) >= 11 is 0. The zero-order valence-electron chi connectivity index (χ0n) is 13.3. The van der Waals surface area contributed by atoms with Crippen molar-refractivity contribution in [3.63, 3.8) is 0 Å². The second-order valence-electron chi connectivity index (χ2n) is 6.13. The quantitative estimate of drug-likeness (QED) is 0.815. The third-order valence-electron chi connectivity index (χ3n) is 3.66. The lowest BCUT2D eigenvalue weighted by molar-refractivity contribution is 0.0921. The molecule has 0 saturated carbocycles. The van der Waals surface area contributed by atoms with E-state index in [4.69, 9.17) is 4.74 Å². The summed E-state index contributed by atoms with van der Waals surface area (Å²) in [5, 5.41) is 3.30. The van der Waals surface area contributed by atoms with Gasteiger partial charge in [-0.05, 0) is 36.6 Å². The smallest absolute Gasteiger partial charge is 0.177 e. The number of nitrogens with zero attached hydrogens (tertiary/aromatic N) is 1. The molecular formula is C17H26N2O2. The maximum Gasteiger partial charge on any atom is 0.177 e. The Hall–Kier alpha value is -1.39. The SMILES string of the molecule is Cc1cc(OCC(C)C)ccc1C(=O)CN1CCNCC1. The molecule has 4 heteroatoms. The molecule has 1 fully saturated rings. The van der Waals surface area contributed by atoms with Crippen LogP contribution < -0.4 is 10.1 Å². The number of rotatable bonds is 6. The first kappa shape index (κ1) is 16.0. The van der Waals surface area contributed by atoms with Crippen LogP contribution in [0.1, 0.15) is 29.8 Å². The van der Waals surface area contributed by atoms with Crippen LogP contribution in [0, 0.1) is 12.8 Å². The molecule has 1 N–H and O–H groups in total. The molecule has 0 aliphatic carbocycles. The first-order valence-corrected chi connectivity index (χ1v) is 7.76. The Morgan fingerprint density at radius 1 is 1.33 bits per heavy atom. The van der Waals surface area contributed by atoms with Crippen molar-refractivity contribution in [2.45, 2.75) is 20.8 Å². The number of nitrogens with one attached hydrogen (secondary N) is 1. The molecule has 1 aliphatic rings. The van der Waals surface area contributed by atoms with Gasteiger partial charge in [0.2, 0.25) is 0 Å². The largest absolute Gasteiger partial charge is 0.493 e. The van der Waals surface area contributed by atoms with Gasteiger partial charge in [0.1, 0.15) is 5.75 Å². The van der Waals surface area contributed by atoms with Crippen LogP contribution in [0.3, 0.4) is 0 Å². The Kier molecular flexibility index (Phi) is 5.76. The van der Waals surface area contributed by atoms with Crippen LogP contribution in [0.4, 0.5) is 0 Å². The number of piperazine rings is 1. The summed E-state index contributed by atoms with van der Waals surface area (Å²) in [5.41, 5.74) is 1.81. The fourth-order valence-electron chi connectivity index (χ4n) is 2.46. The summed E-state index contributed by atoms with van der Waals surface area (Å²) < 4.78 is 5.70. The van der Waals surface area contributed by atoms with E-state index in [1.54, 1.807) is 0 Å². The van der Waals surface area contributed by atoms with E-state index in [1.165, 1.54) is 0 Å². The fraction of sp³-hybridized carbons (Fsp3) is 0.588. The van der Waals surface area contributed by atoms with Gasteiger partial charge in [0.25, 0.3) is 0 Å². The minimum Gasteiger partial charge on any atom is -0.493 e. The molecular weight excluding hydrogens is 264 g/mol. The zero-order valence-corrected chi connectivity index (χ0v) is 13.3. The van der Waals surface area contributed by atoms with E-state index >= 15 is 0 Å².